The molecule has 1 heterocycles. The predicted molar refractivity (Wildman–Crippen MR) is 119 cm³/mol. The van der Waals surface area contributed by atoms with Crippen LogP contribution in [0, 0.1) is 0 Å². The first-order valence-electron chi connectivity index (χ1n) is 9.88. The molecule has 0 aliphatic carbocycles. The number of carbonyl (C=O) groups is 2. The molecule has 1 atom stereocenters. The highest BCUT2D eigenvalue weighted by molar-refractivity contribution is 7.92. The van der Waals surface area contributed by atoms with Crippen LogP contribution >= 0.6 is 0 Å². The molecule has 9 nitrogen and oxygen atoms in total. The summed E-state index contributed by atoms with van der Waals surface area (Å²) in [5, 5.41) is 2.87. The second-order valence-electron chi connectivity index (χ2n) is 7.35. The van der Waals surface area contributed by atoms with Crippen LogP contribution in [0.3, 0.4) is 0 Å². The lowest BCUT2D eigenvalue weighted by Crippen LogP contribution is -2.30. The number of esters is 1. The van der Waals surface area contributed by atoms with Crippen LogP contribution in [0.5, 0.6) is 11.5 Å². The topological polar surface area (TPSA) is 111 Å². The summed E-state index contributed by atoms with van der Waals surface area (Å²) in [7, 11) is 0.926. The van der Waals surface area contributed by atoms with Gasteiger partial charge >= 0.3 is 5.97 Å². The molecule has 10 heteroatoms. The Bertz CT molecular complexity index is 1130. The number of hydrogen-bond donors (Lipinski definition) is 1. The summed E-state index contributed by atoms with van der Waals surface area (Å²) in [5.74, 6) is 0.109. The number of hydrogen-bond acceptors (Lipinski definition) is 7. The highest BCUT2D eigenvalue weighted by Gasteiger charge is 2.27. The van der Waals surface area contributed by atoms with E-state index in [4.69, 9.17) is 14.2 Å². The Kier molecular flexibility index (Phi) is 6.93. The summed E-state index contributed by atoms with van der Waals surface area (Å²) in [6.45, 7) is 0.343. The molecular formula is C22H26N2O7S. The Balaban J connectivity index is 1.87. The number of amides is 1. The van der Waals surface area contributed by atoms with Crippen molar-refractivity contribution in [2.45, 2.75) is 18.9 Å². The minimum absolute atomic E-state index is 0.0788. The van der Waals surface area contributed by atoms with Crippen molar-refractivity contribution in [3.8, 4) is 11.5 Å². The molecule has 2 aromatic rings. The van der Waals surface area contributed by atoms with E-state index in [1.807, 2.05) is 0 Å². The molecule has 0 saturated heterocycles. The minimum atomic E-state index is -3.37. The van der Waals surface area contributed by atoms with E-state index < -0.39 is 27.9 Å². The Morgan fingerprint density at radius 2 is 1.78 bits per heavy atom. The summed E-state index contributed by atoms with van der Waals surface area (Å²) in [4.78, 5) is 25.0. The summed E-state index contributed by atoms with van der Waals surface area (Å²) < 4.78 is 40.6. The average Bonchev–Trinajstić information content (AvgIpc) is 3.21. The lowest BCUT2D eigenvalue weighted by Gasteiger charge is -2.20. The third-order valence-electron chi connectivity index (χ3n) is 5.31. The summed E-state index contributed by atoms with van der Waals surface area (Å²) >= 11 is 0. The van der Waals surface area contributed by atoms with Gasteiger partial charge in [-0.3, -0.25) is 13.9 Å². The van der Waals surface area contributed by atoms with E-state index in [9.17, 15) is 18.0 Å². The molecule has 1 amide bonds. The molecule has 0 fully saturated rings. The number of carbonyl (C=O) groups excluding carboxylic acids is 2. The van der Waals surface area contributed by atoms with Crippen LogP contribution in [0.1, 0.15) is 33.9 Å². The Morgan fingerprint density at radius 1 is 1.06 bits per heavy atom. The van der Waals surface area contributed by atoms with Gasteiger partial charge in [0.25, 0.3) is 5.91 Å². The van der Waals surface area contributed by atoms with Crippen LogP contribution in [-0.2, 0) is 26.0 Å². The van der Waals surface area contributed by atoms with Gasteiger partial charge in [-0.25, -0.2) is 8.42 Å². The van der Waals surface area contributed by atoms with Crippen LogP contribution in [0.15, 0.2) is 36.4 Å². The number of benzene rings is 2. The maximum Gasteiger partial charge on any atom is 0.307 e. The molecule has 0 aromatic heterocycles. The number of nitrogens with one attached hydrogen (secondary N) is 1. The smallest absolute Gasteiger partial charge is 0.307 e. The van der Waals surface area contributed by atoms with Crippen LogP contribution in [0.4, 0.5) is 5.69 Å². The van der Waals surface area contributed by atoms with Crippen molar-refractivity contribution < 1.29 is 32.2 Å². The number of ether oxygens (including phenoxy) is 3. The van der Waals surface area contributed by atoms with Gasteiger partial charge < -0.3 is 19.5 Å². The largest absolute Gasteiger partial charge is 0.493 e. The van der Waals surface area contributed by atoms with Crippen molar-refractivity contribution in [1.82, 2.24) is 5.32 Å². The lowest BCUT2D eigenvalue weighted by molar-refractivity contribution is -0.141. The summed E-state index contributed by atoms with van der Waals surface area (Å²) in [6, 6.07) is 9.34. The third kappa shape index (κ3) is 4.96. The molecule has 3 rings (SSSR count). The van der Waals surface area contributed by atoms with E-state index in [1.165, 1.54) is 25.6 Å². The lowest BCUT2D eigenvalue weighted by atomic mass is 10.0. The molecule has 0 radical (unpaired) electrons. The SMILES string of the molecule is COC(=O)CC(NC(=O)c1ccc2c(c1)CCN2S(C)(=O)=O)c1ccc(OC)c(OC)c1. The number of rotatable bonds is 8. The first kappa shape index (κ1) is 23.4. The molecule has 0 bridgehead atoms. The summed E-state index contributed by atoms with van der Waals surface area (Å²) in [6.07, 6.45) is 1.60. The molecule has 1 aliphatic heterocycles. The van der Waals surface area contributed by atoms with Gasteiger partial charge in [0.2, 0.25) is 10.0 Å². The van der Waals surface area contributed by atoms with Gasteiger partial charge in [-0.2, -0.15) is 0 Å². The number of sulfonamides is 1. The van der Waals surface area contributed by atoms with Crippen molar-refractivity contribution in [3.63, 3.8) is 0 Å². The molecule has 1 N–H and O–H groups in total. The van der Waals surface area contributed by atoms with Gasteiger partial charge in [0.05, 0.1) is 45.7 Å². The molecule has 1 aliphatic rings. The fourth-order valence-electron chi connectivity index (χ4n) is 3.67. The third-order valence-corrected chi connectivity index (χ3v) is 6.49. The Morgan fingerprint density at radius 3 is 2.41 bits per heavy atom. The van der Waals surface area contributed by atoms with Crippen molar-refractivity contribution >= 4 is 27.6 Å². The van der Waals surface area contributed by atoms with E-state index >= 15 is 0 Å². The van der Waals surface area contributed by atoms with Gasteiger partial charge in [-0.1, -0.05) is 6.07 Å². The maximum atomic E-state index is 13.0. The second-order valence-corrected chi connectivity index (χ2v) is 9.26. The first-order valence-corrected chi connectivity index (χ1v) is 11.7. The first-order chi connectivity index (χ1) is 15.2. The molecule has 2 aromatic carbocycles. The Labute approximate surface area is 187 Å². The van der Waals surface area contributed by atoms with Gasteiger partial charge in [-0.15, -0.1) is 0 Å². The zero-order valence-corrected chi connectivity index (χ0v) is 19.2. The highest BCUT2D eigenvalue weighted by Crippen LogP contribution is 2.33. The van der Waals surface area contributed by atoms with E-state index in [0.29, 0.717) is 41.3 Å². The van der Waals surface area contributed by atoms with Crippen molar-refractivity contribution in [3.05, 3.63) is 53.1 Å². The molecule has 0 spiro atoms. The van der Waals surface area contributed by atoms with E-state index in [-0.39, 0.29) is 6.42 Å². The molecular weight excluding hydrogens is 436 g/mol. The van der Waals surface area contributed by atoms with Gasteiger partial charge in [0.1, 0.15) is 0 Å². The second kappa shape index (κ2) is 9.47. The number of methoxy groups -OCH3 is 3. The van der Waals surface area contributed by atoms with Crippen LogP contribution in [0.2, 0.25) is 0 Å². The van der Waals surface area contributed by atoms with Crippen molar-refractivity contribution in [2.75, 3.05) is 38.4 Å². The molecule has 32 heavy (non-hydrogen) atoms. The van der Waals surface area contributed by atoms with E-state index in [2.05, 4.69) is 5.32 Å². The molecule has 1 unspecified atom stereocenters. The highest BCUT2D eigenvalue weighted by atomic mass is 32.2. The van der Waals surface area contributed by atoms with Crippen molar-refractivity contribution in [2.24, 2.45) is 0 Å². The van der Waals surface area contributed by atoms with Crippen LogP contribution in [-0.4, -0.2) is 54.4 Å². The number of anilines is 1. The summed E-state index contributed by atoms with van der Waals surface area (Å²) in [5.41, 5.74) is 2.37. The standard InChI is InChI=1S/C22H26N2O7S/c1-29-19-8-6-14(12-20(19)30-2)17(13-21(25)31-3)23-22(26)16-5-7-18-15(11-16)9-10-24(18)32(4,27)28/h5-8,11-12,17H,9-10,13H2,1-4H3,(H,23,26). The monoisotopic (exact) mass is 462 g/mol. The predicted octanol–water partition coefficient (Wildman–Crippen LogP) is 2.06. The van der Waals surface area contributed by atoms with Crippen LogP contribution in [0.25, 0.3) is 0 Å². The molecule has 172 valence electrons. The zero-order chi connectivity index (χ0) is 23.5. The van der Waals surface area contributed by atoms with Gasteiger partial charge in [0, 0.05) is 12.1 Å². The average molecular weight is 463 g/mol. The maximum absolute atomic E-state index is 13.0. The number of fused-ring (bicyclic) bond motifs is 1. The van der Waals surface area contributed by atoms with E-state index in [1.54, 1.807) is 36.4 Å². The van der Waals surface area contributed by atoms with Crippen LogP contribution < -0.4 is 19.1 Å². The van der Waals surface area contributed by atoms with Gasteiger partial charge in [-0.05, 0) is 47.9 Å². The van der Waals surface area contributed by atoms with Gasteiger partial charge in [0.15, 0.2) is 11.5 Å². The minimum Gasteiger partial charge on any atom is -0.493 e. The Hall–Kier alpha value is -3.27. The number of nitrogens with zero attached hydrogens (tertiary/aromatic N) is 1. The normalized spacial score (nSPS) is 13.8. The molecule has 0 saturated carbocycles. The zero-order valence-electron chi connectivity index (χ0n) is 18.4. The fourth-order valence-corrected chi connectivity index (χ4v) is 4.63. The van der Waals surface area contributed by atoms with E-state index in [0.717, 1.165) is 11.8 Å². The fraction of sp³-hybridized carbons (Fsp3) is 0.364. The quantitative estimate of drug-likeness (QED) is 0.598. The van der Waals surface area contributed by atoms with Crippen molar-refractivity contribution in [1.29, 1.82) is 0 Å².